The standard InChI is InChI=1S/C14H30N2S/c1-5-14(3)12-16(13(2)11-15-14)9-7-6-8-10-17-4/h13,15H,5-12H2,1-4H3. The molecule has 0 amide bonds. The van der Waals surface area contributed by atoms with Crippen LogP contribution in [-0.4, -0.2) is 48.1 Å². The second-order valence-corrected chi connectivity index (χ2v) is 6.65. The minimum Gasteiger partial charge on any atom is -0.309 e. The summed E-state index contributed by atoms with van der Waals surface area (Å²) >= 11 is 1.97. The third-order valence-electron chi connectivity index (χ3n) is 4.07. The lowest BCUT2D eigenvalue weighted by molar-refractivity contribution is 0.0915. The Kier molecular flexibility index (Phi) is 6.90. The summed E-state index contributed by atoms with van der Waals surface area (Å²) in [6.45, 7) is 10.7. The van der Waals surface area contributed by atoms with Gasteiger partial charge in [-0.1, -0.05) is 13.3 Å². The molecule has 17 heavy (non-hydrogen) atoms. The van der Waals surface area contributed by atoms with E-state index >= 15 is 0 Å². The van der Waals surface area contributed by atoms with Crippen molar-refractivity contribution in [2.75, 3.05) is 31.6 Å². The molecule has 2 unspecified atom stereocenters. The van der Waals surface area contributed by atoms with Crippen molar-refractivity contribution < 1.29 is 0 Å². The van der Waals surface area contributed by atoms with Gasteiger partial charge in [0.15, 0.2) is 0 Å². The van der Waals surface area contributed by atoms with Gasteiger partial charge in [-0.25, -0.2) is 0 Å². The molecular weight excluding hydrogens is 228 g/mol. The fourth-order valence-electron chi connectivity index (χ4n) is 2.46. The highest BCUT2D eigenvalue weighted by Gasteiger charge is 2.31. The number of nitrogens with one attached hydrogen (secondary N) is 1. The van der Waals surface area contributed by atoms with Crippen LogP contribution in [0, 0.1) is 0 Å². The molecule has 0 aromatic carbocycles. The molecule has 1 saturated heterocycles. The Labute approximate surface area is 112 Å². The zero-order valence-corrected chi connectivity index (χ0v) is 12.9. The summed E-state index contributed by atoms with van der Waals surface area (Å²) in [5.41, 5.74) is 0.339. The van der Waals surface area contributed by atoms with Gasteiger partial charge < -0.3 is 5.32 Å². The first-order valence-electron chi connectivity index (χ1n) is 7.09. The maximum atomic E-state index is 3.69. The van der Waals surface area contributed by atoms with Crippen LogP contribution in [0.25, 0.3) is 0 Å². The van der Waals surface area contributed by atoms with Gasteiger partial charge in [-0.15, -0.1) is 0 Å². The number of nitrogens with zero attached hydrogens (tertiary/aromatic N) is 1. The molecule has 1 N–H and O–H groups in total. The van der Waals surface area contributed by atoms with E-state index in [9.17, 15) is 0 Å². The summed E-state index contributed by atoms with van der Waals surface area (Å²) in [4.78, 5) is 2.68. The summed E-state index contributed by atoms with van der Waals surface area (Å²) in [7, 11) is 0. The first-order chi connectivity index (χ1) is 8.11. The van der Waals surface area contributed by atoms with Crippen LogP contribution in [0.2, 0.25) is 0 Å². The van der Waals surface area contributed by atoms with Crippen molar-refractivity contribution in [1.82, 2.24) is 10.2 Å². The van der Waals surface area contributed by atoms with Crippen molar-refractivity contribution in [2.24, 2.45) is 0 Å². The van der Waals surface area contributed by atoms with Crippen molar-refractivity contribution in [3.63, 3.8) is 0 Å². The average molecular weight is 258 g/mol. The summed E-state index contributed by atoms with van der Waals surface area (Å²) < 4.78 is 0. The minimum absolute atomic E-state index is 0.339. The van der Waals surface area contributed by atoms with Crippen LogP contribution in [0.15, 0.2) is 0 Å². The molecule has 1 aliphatic rings. The molecule has 0 spiro atoms. The Balaban J connectivity index is 2.25. The Morgan fingerprint density at radius 3 is 2.76 bits per heavy atom. The lowest BCUT2D eigenvalue weighted by Gasteiger charge is -2.45. The van der Waals surface area contributed by atoms with Crippen LogP contribution in [-0.2, 0) is 0 Å². The van der Waals surface area contributed by atoms with Gasteiger partial charge >= 0.3 is 0 Å². The molecule has 0 saturated carbocycles. The maximum absolute atomic E-state index is 3.69. The quantitative estimate of drug-likeness (QED) is 0.707. The van der Waals surface area contributed by atoms with E-state index in [4.69, 9.17) is 0 Å². The van der Waals surface area contributed by atoms with E-state index in [1.807, 2.05) is 11.8 Å². The fourth-order valence-corrected chi connectivity index (χ4v) is 2.95. The summed E-state index contributed by atoms with van der Waals surface area (Å²) in [6, 6.07) is 0.704. The van der Waals surface area contributed by atoms with Gasteiger partial charge in [0.05, 0.1) is 0 Å². The van der Waals surface area contributed by atoms with E-state index in [2.05, 4.69) is 37.2 Å². The van der Waals surface area contributed by atoms with E-state index in [0.717, 1.165) is 6.54 Å². The Hall–Kier alpha value is 0.270. The molecule has 1 aliphatic heterocycles. The van der Waals surface area contributed by atoms with E-state index in [1.165, 1.54) is 44.5 Å². The lowest BCUT2D eigenvalue weighted by atomic mass is 9.93. The predicted molar refractivity (Wildman–Crippen MR) is 80.0 cm³/mol. The normalized spacial score (nSPS) is 30.7. The van der Waals surface area contributed by atoms with Crippen LogP contribution >= 0.6 is 11.8 Å². The zero-order chi connectivity index (χ0) is 12.7. The van der Waals surface area contributed by atoms with Crippen molar-refractivity contribution in [1.29, 1.82) is 0 Å². The molecule has 1 heterocycles. The van der Waals surface area contributed by atoms with Crippen molar-refractivity contribution >= 4 is 11.8 Å². The SMILES string of the molecule is CCC1(C)CN(CCCCCSC)C(C)CN1. The number of hydrogen-bond acceptors (Lipinski definition) is 3. The third-order valence-corrected chi connectivity index (χ3v) is 4.77. The van der Waals surface area contributed by atoms with E-state index in [-0.39, 0.29) is 0 Å². The van der Waals surface area contributed by atoms with Crippen molar-refractivity contribution in [2.45, 2.75) is 58.0 Å². The molecule has 0 aromatic rings. The highest BCUT2D eigenvalue weighted by Crippen LogP contribution is 2.19. The van der Waals surface area contributed by atoms with Crippen LogP contribution in [0.4, 0.5) is 0 Å². The molecule has 102 valence electrons. The van der Waals surface area contributed by atoms with Crippen LogP contribution in [0.1, 0.15) is 46.5 Å². The maximum Gasteiger partial charge on any atom is 0.0278 e. The van der Waals surface area contributed by atoms with Gasteiger partial charge in [-0.2, -0.15) is 11.8 Å². The number of rotatable bonds is 7. The van der Waals surface area contributed by atoms with E-state index < -0.39 is 0 Å². The van der Waals surface area contributed by atoms with Gasteiger partial charge in [0.1, 0.15) is 0 Å². The zero-order valence-electron chi connectivity index (χ0n) is 12.1. The first-order valence-corrected chi connectivity index (χ1v) is 8.48. The first kappa shape index (κ1) is 15.3. The van der Waals surface area contributed by atoms with Crippen LogP contribution in [0.5, 0.6) is 0 Å². The van der Waals surface area contributed by atoms with Gasteiger partial charge in [-0.3, -0.25) is 4.90 Å². The molecule has 2 atom stereocenters. The number of unbranched alkanes of at least 4 members (excludes halogenated alkanes) is 2. The van der Waals surface area contributed by atoms with E-state index in [1.54, 1.807) is 0 Å². The van der Waals surface area contributed by atoms with Crippen LogP contribution in [0.3, 0.4) is 0 Å². The number of hydrogen-bond donors (Lipinski definition) is 1. The molecule has 0 aliphatic carbocycles. The Morgan fingerprint density at radius 1 is 1.35 bits per heavy atom. The molecule has 1 rings (SSSR count). The number of piperazine rings is 1. The highest BCUT2D eigenvalue weighted by atomic mass is 32.2. The molecule has 0 bridgehead atoms. The summed E-state index contributed by atoms with van der Waals surface area (Å²) in [5, 5.41) is 3.69. The largest absolute Gasteiger partial charge is 0.309 e. The van der Waals surface area contributed by atoms with Gasteiger partial charge in [-0.05, 0) is 51.7 Å². The van der Waals surface area contributed by atoms with Gasteiger partial charge in [0, 0.05) is 24.7 Å². The molecule has 3 heteroatoms. The second kappa shape index (κ2) is 7.65. The highest BCUT2D eigenvalue weighted by molar-refractivity contribution is 7.98. The fraction of sp³-hybridized carbons (Fsp3) is 1.00. The van der Waals surface area contributed by atoms with Gasteiger partial charge in [0.25, 0.3) is 0 Å². The molecule has 0 radical (unpaired) electrons. The van der Waals surface area contributed by atoms with Gasteiger partial charge in [0.2, 0.25) is 0 Å². The van der Waals surface area contributed by atoms with Crippen LogP contribution < -0.4 is 5.32 Å². The Morgan fingerprint density at radius 2 is 2.12 bits per heavy atom. The molecule has 1 fully saturated rings. The molecule has 2 nitrogen and oxygen atoms in total. The smallest absolute Gasteiger partial charge is 0.0278 e. The monoisotopic (exact) mass is 258 g/mol. The Bertz CT molecular complexity index is 210. The third kappa shape index (κ3) is 5.19. The second-order valence-electron chi connectivity index (χ2n) is 5.67. The minimum atomic E-state index is 0.339. The van der Waals surface area contributed by atoms with Crippen molar-refractivity contribution in [3.05, 3.63) is 0 Å². The summed E-state index contributed by atoms with van der Waals surface area (Å²) in [5.74, 6) is 1.32. The van der Waals surface area contributed by atoms with E-state index in [0.29, 0.717) is 11.6 Å². The lowest BCUT2D eigenvalue weighted by Crippen LogP contribution is -2.61. The predicted octanol–water partition coefficient (Wildman–Crippen LogP) is 2.98. The average Bonchev–Trinajstić information content (AvgIpc) is 2.33. The number of thioether (sulfide) groups is 1. The topological polar surface area (TPSA) is 15.3 Å². The van der Waals surface area contributed by atoms with Crippen molar-refractivity contribution in [3.8, 4) is 0 Å². The summed E-state index contributed by atoms with van der Waals surface area (Å²) in [6.07, 6.45) is 7.56. The molecule has 0 aromatic heterocycles. The molecular formula is C14H30N2S.